The highest BCUT2D eigenvalue weighted by atomic mass is 32.2. The van der Waals surface area contributed by atoms with Gasteiger partial charge in [-0.05, 0) is 24.1 Å². The number of carbonyl (C=O) groups is 3. The number of nitrogens with zero attached hydrogens (tertiary/aromatic N) is 3. The van der Waals surface area contributed by atoms with Crippen LogP contribution in [-0.2, 0) is 35.7 Å². The summed E-state index contributed by atoms with van der Waals surface area (Å²) in [5.41, 5.74) is 0.872. The number of carbonyl (C=O) groups excluding carboxylic acids is 3. The Hall–Kier alpha value is -3.02. The number of ether oxygens (including phenoxy) is 3. The number of fused-ring (bicyclic) bond motifs is 7. The Labute approximate surface area is 242 Å². The average Bonchev–Trinajstić information content (AvgIpc) is 3.64. The minimum Gasteiger partial charge on any atom is -0.454 e. The molecule has 5 aliphatic heterocycles. The van der Waals surface area contributed by atoms with Crippen molar-refractivity contribution in [3.05, 3.63) is 23.8 Å². The molecule has 6 rings (SSSR count). The van der Waals surface area contributed by atoms with Crippen molar-refractivity contribution in [1.29, 1.82) is 0 Å². The maximum atomic E-state index is 14.0. The normalized spacial score (nSPS) is 34.4. The zero-order valence-corrected chi connectivity index (χ0v) is 23.9. The number of nitrogens with one attached hydrogen (secondary N) is 2. The third kappa shape index (κ3) is 5.66. The molecule has 0 aromatic heterocycles. The number of hydrogen-bond donors (Lipinski definition) is 4. The van der Waals surface area contributed by atoms with Crippen LogP contribution in [0, 0.1) is 0 Å². The van der Waals surface area contributed by atoms with E-state index in [4.69, 9.17) is 14.2 Å². The Bertz CT molecular complexity index is 1360. The second-order valence-corrected chi connectivity index (χ2v) is 13.4. The van der Waals surface area contributed by atoms with Crippen LogP contribution < -0.4 is 20.1 Å². The number of sulfonamides is 1. The fourth-order valence-corrected chi connectivity index (χ4v) is 7.49. The number of likely N-dealkylation sites (tertiary alicyclic amines) is 1. The topological polar surface area (TPSA) is 187 Å². The quantitative estimate of drug-likeness (QED) is 0.273. The SMILES string of the molecule is CS(=O)(=O)N1CCN2C[C@H]1C(=O)NC[C@H]1O[C@@H](CC(=O)N[C@H]3C[C@@H](C2=O)N(Cc2ccc4c(c2)OCO4)C3)[C@H](O)[C@@H]1O. The molecule has 16 heteroatoms. The molecule has 0 aliphatic carbocycles. The molecular weight excluding hydrogens is 574 g/mol. The van der Waals surface area contributed by atoms with Crippen molar-refractivity contribution in [3.8, 4) is 11.5 Å². The summed E-state index contributed by atoms with van der Waals surface area (Å²) < 4.78 is 42.8. The van der Waals surface area contributed by atoms with Gasteiger partial charge in [0.25, 0.3) is 0 Å². The van der Waals surface area contributed by atoms with Crippen LogP contribution in [0.2, 0.25) is 0 Å². The van der Waals surface area contributed by atoms with Crippen molar-refractivity contribution in [3.63, 3.8) is 0 Å². The third-order valence-corrected chi connectivity index (χ3v) is 9.86. The Morgan fingerprint density at radius 3 is 2.55 bits per heavy atom. The predicted octanol–water partition coefficient (Wildman–Crippen LogP) is -3.04. The van der Waals surface area contributed by atoms with Crippen molar-refractivity contribution in [2.24, 2.45) is 0 Å². The summed E-state index contributed by atoms with van der Waals surface area (Å²) >= 11 is 0. The summed E-state index contributed by atoms with van der Waals surface area (Å²) in [5, 5.41) is 26.6. The Kier molecular flexibility index (Phi) is 7.78. The first-order valence-electron chi connectivity index (χ1n) is 13.9. The molecule has 4 N–H and O–H groups in total. The van der Waals surface area contributed by atoms with E-state index in [1.807, 2.05) is 17.0 Å². The molecule has 1 aromatic carbocycles. The summed E-state index contributed by atoms with van der Waals surface area (Å²) in [6.07, 6.45) is -3.65. The molecule has 230 valence electrons. The second kappa shape index (κ2) is 11.2. The van der Waals surface area contributed by atoms with Gasteiger partial charge in [0.2, 0.25) is 34.5 Å². The monoisotopic (exact) mass is 609 g/mol. The molecule has 7 atom stereocenters. The molecule has 0 radical (unpaired) electrons. The van der Waals surface area contributed by atoms with Gasteiger partial charge in [-0.1, -0.05) is 6.07 Å². The zero-order valence-electron chi connectivity index (χ0n) is 23.0. The van der Waals surface area contributed by atoms with Gasteiger partial charge >= 0.3 is 0 Å². The van der Waals surface area contributed by atoms with Gasteiger partial charge in [0.1, 0.15) is 24.4 Å². The summed E-state index contributed by atoms with van der Waals surface area (Å²) in [4.78, 5) is 43.7. The van der Waals surface area contributed by atoms with E-state index >= 15 is 0 Å². The standard InChI is InChI=1S/C26H35N5O10S/c1-42(37,38)31-5-4-29-12-17(31)25(35)27-9-21-24(34)23(33)20(41-21)8-22(32)28-15-7-16(26(29)36)30(11-15)10-14-2-3-18-19(6-14)40-13-39-18/h2-3,6,15-17,20-21,23-24,33-34H,4-5,7-13H2,1H3,(H,27,35)(H,28,32)/t15-,16-,17-,20-,21+,23-,24+/m0/s1. The van der Waals surface area contributed by atoms with Crippen LogP contribution in [0.1, 0.15) is 18.4 Å². The molecule has 4 fully saturated rings. The third-order valence-electron chi connectivity index (χ3n) is 8.57. The highest BCUT2D eigenvalue weighted by Gasteiger charge is 2.47. The lowest BCUT2D eigenvalue weighted by Crippen LogP contribution is -2.63. The van der Waals surface area contributed by atoms with Gasteiger partial charge < -0.3 is 40.0 Å². The van der Waals surface area contributed by atoms with Crippen LogP contribution in [0.25, 0.3) is 0 Å². The minimum atomic E-state index is -3.79. The smallest absolute Gasteiger partial charge is 0.240 e. The number of aliphatic hydroxyl groups is 2. The predicted molar refractivity (Wildman–Crippen MR) is 144 cm³/mol. The van der Waals surface area contributed by atoms with E-state index in [1.54, 1.807) is 6.07 Å². The van der Waals surface area contributed by atoms with Gasteiger partial charge in [-0.2, -0.15) is 4.31 Å². The first kappa shape index (κ1) is 29.1. The van der Waals surface area contributed by atoms with E-state index in [1.165, 1.54) is 4.90 Å². The highest BCUT2D eigenvalue weighted by Crippen LogP contribution is 2.34. The Morgan fingerprint density at radius 2 is 1.76 bits per heavy atom. The summed E-state index contributed by atoms with van der Waals surface area (Å²) in [5.74, 6) is -0.0814. The van der Waals surface area contributed by atoms with Gasteiger partial charge in [0.05, 0.1) is 24.8 Å². The molecule has 1 aromatic rings. The van der Waals surface area contributed by atoms with E-state index < -0.39 is 64.4 Å². The molecular formula is C26H35N5O10S. The minimum absolute atomic E-state index is 0.0684. The zero-order chi connectivity index (χ0) is 29.8. The van der Waals surface area contributed by atoms with Gasteiger partial charge in [0, 0.05) is 45.3 Å². The van der Waals surface area contributed by atoms with Gasteiger partial charge in [-0.25, -0.2) is 8.42 Å². The van der Waals surface area contributed by atoms with Crippen molar-refractivity contribution < 1.29 is 47.2 Å². The van der Waals surface area contributed by atoms with Gasteiger partial charge in [0.15, 0.2) is 11.5 Å². The van der Waals surface area contributed by atoms with Crippen LogP contribution in [0.5, 0.6) is 11.5 Å². The number of amides is 3. The summed E-state index contributed by atoms with van der Waals surface area (Å²) in [7, 11) is -3.79. The Balaban J connectivity index is 1.29. The number of rotatable bonds is 3. The molecule has 0 saturated carbocycles. The average molecular weight is 610 g/mol. The van der Waals surface area contributed by atoms with E-state index in [9.17, 15) is 33.0 Å². The molecule has 0 spiro atoms. The molecule has 15 nitrogen and oxygen atoms in total. The molecule has 5 heterocycles. The van der Waals surface area contributed by atoms with Crippen LogP contribution in [0.3, 0.4) is 0 Å². The fourth-order valence-electron chi connectivity index (χ4n) is 6.45. The summed E-state index contributed by atoms with van der Waals surface area (Å²) in [6.45, 7) is 0.492. The number of aliphatic hydroxyl groups excluding tert-OH is 2. The number of piperazine rings is 1. The van der Waals surface area contributed by atoms with Crippen LogP contribution >= 0.6 is 0 Å². The maximum Gasteiger partial charge on any atom is 0.240 e. The molecule has 3 amide bonds. The van der Waals surface area contributed by atoms with Gasteiger partial charge in [-0.15, -0.1) is 0 Å². The highest BCUT2D eigenvalue weighted by molar-refractivity contribution is 7.88. The number of hydrogen-bond acceptors (Lipinski definition) is 11. The molecule has 4 saturated heterocycles. The van der Waals surface area contributed by atoms with Crippen LogP contribution in [-0.4, -0.2) is 139 Å². The van der Waals surface area contributed by atoms with Crippen molar-refractivity contribution in [2.75, 3.05) is 45.8 Å². The largest absolute Gasteiger partial charge is 0.454 e. The molecule has 6 bridgehead atoms. The Morgan fingerprint density at radius 1 is 1.00 bits per heavy atom. The molecule has 42 heavy (non-hydrogen) atoms. The van der Waals surface area contributed by atoms with Crippen LogP contribution in [0.4, 0.5) is 0 Å². The van der Waals surface area contributed by atoms with E-state index in [0.29, 0.717) is 24.6 Å². The van der Waals surface area contributed by atoms with E-state index in [2.05, 4.69) is 10.6 Å². The van der Waals surface area contributed by atoms with Crippen molar-refractivity contribution in [1.82, 2.24) is 24.7 Å². The first-order chi connectivity index (χ1) is 20.0. The fraction of sp³-hybridized carbons (Fsp3) is 0.654. The molecule has 5 aliphatic rings. The van der Waals surface area contributed by atoms with Crippen LogP contribution in [0.15, 0.2) is 18.2 Å². The molecule has 0 unspecified atom stereocenters. The number of benzene rings is 1. The van der Waals surface area contributed by atoms with Gasteiger partial charge in [-0.3, -0.25) is 19.3 Å². The maximum absolute atomic E-state index is 14.0. The lowest BCUT2D eigenvalue weighted by Gasteiger charge is -2.40. The van der Waals surface area contributed by atoms with Crippen molar-refractivity contribution >= 4 is 27.7 Å². The van der Waals surface area contributed by atoms with E-state index in [-0.39, 0.29) is 51.7 Å². The lowest BCUT2D eigenvalue weighted by molar-refractivity contribution is -0.140. The summed E-state index contributed by atoms with van der Waals surface area (Å²) in [6, 6.07) is 3.28. The van der Waals surface area contributed by atoms with E-state index in [0.717, 1.165) is 16.1 Å². The van der Waals surface area contributed by atoms with Crippen molar-refractivity contribution in [2.45, 2.75) is 61.9 Å². The first-order valence-corrected chi connectivity index (χ1v) is 15.8. The second-order valence-electron chi connectivity index (χ2n) is 11.5. The lowest BCUT2D eigenvalue weighted by atomic mass is 10.0.